The highest BCUT2D eigenvalue weighted by Crippen LogP contribution is 2.04. The second kappa shape index (κ2) is 15.6. The Morgan fingerprint density at radius 1 is 1.21 bits per heavy atom. The summed E-state index contributed by atoms with van der Waals surface area (Å²) < 4.78 is 5.55. The maximum atomic E-state index is 5.55. The molecule has 138 valence electrons. The highest BCUT2D eigenvalue weighted by atomic mass is 127. The molecule has 0 fully saturated rings. The van der Waals surface area contributed by atoms with Crippen molar-refractivity contribution in [3.8, 4) is 0 Å². The van der Waals surface area contributed by atoms with Crippen LogP contribution in [0, 0.1) is 6.92 Å². The number of halogens is 1. The molecule has 2 N–H and O–H groups in total. The van der Waals surface area contributed by atoms with E-state index in [1.54, 1.807) is 0 Å². The Hall–Kier alpha value is -0.890. The Kier molecular flexibility index (Phi) is 15.0. The molecule has 6 heteroatoms. The zero-order valence-corrected chi connectivity index (χ0v) is 17.6. The number of unbranched alkanes of at least 4 members (excludes halogenated alkanes) is 1. The van der Waals surface area contributed by atoms with E-state index in [0.29, 0.717) is 0 Å². The minimum atomic E-state index is 0. The quantitative estimate of drug-likeness (QED) is 0.236. The lowest BCUT2D eigenvalue weighted by Gasteiger charge is -2.12. The van der Waals surface area contributed by atoms with Crippen LogP contribution in [-0.2, 0) is 11.2 Å². The van der Waals surface area contributed by atoms with Crippen molar-refractivity contribution in [3.05, 3.63) is 29.6 Å². The number of aromatic nitrogens is 1. The molecular formula is C18H33IN4O. The number of pyridine rings is 1. The summed E-state index contributed by atoms with van der Waals surface area (Å²) in [5, 5.41) is 6.67. The normalized spacial score (nSPS) is 11.0. The first-order valence-electron chi connectivity index (χ1n) is 8.77. The summed E-state index contributed by atoms with van der Waals surface area (Å²) in [6, 6.07) is 2.08. The third-order valence-corrected chi connectivity index (χ3v) is 3.53. The molecular weight excluding hydrogens is 415 g/mol. The maximum Gasteiger partial charge on any atom is 0.191 e. The average molecular weight is 448 g/mol. The number of ether oxygens (including phenoxy) is 1. The average Bonchev–Trinajstić information content (AvgIpc) is 2.55. The van der Waals surface area contributed by atoms with Crippen LogP contribution >= 0.6 is 24.0 Å². The molecule has 24 heavy (non-hydrogen) atoms. The molecule has 1 aromatic heterocycles. The van der Waals surface area contributed by atoms with E-state index in [1.807, 2.05) is 12.4 Å². The molecule has 0 aliphatic heterocycles. The van der Waals surface area contributed by atoms with Crippen LogP contribution in [0.4, 0.5) is 0 Å². The van der Waals surface area contributed by atoms with Gasteiger partial charge < -0.3 is 15.4 Å². The van der Waals surface area contributed by atoms with Crippen molar-refractivity contribution in [3.63, 3.8) is 0 Å². The molecule has 0 radical (unpaired) electrons. The topological polar surface area (TPSA) is 58.5 Å². The fourth-order valence-electron chi connectivity index (χ4n) is 2.15. The van der Waals surface area contributed by atoms with Gasteiger partial charge in [0, 0.05) is 45.2 Å². The van der Waals surface area contributed by atoms with Gasteiger partial charge in [0.2, 0.25) is 0 Å². The number of rotatable bonds is 11. The van der Waals surface area contributed by atoms with Gasteiger partial charge in [-0.15, -0.1) is 24.0 Å². The molecule has 1 aromatic rings. The van der Waals surface area contributed by atoms with Gasteiger partial charge in [-0.1, -0.05) is 13.3 Å². The minimum absolute atomic E-state index is 0. The predicted molar refractivity (Wildman–Crippen MR) is 112 cm³/mol. The van der Waals surface area contributed by atoms with Crippen molar-refractivity contribution in [2.45, 2.75) is 46.5 Å². The van der Waals surface area contributed by atoms with Crippen molar-refractivity contribution in [1.82, 2.24) is 15.6 Å². The van der Waals surface area contributed by atoms with E-state index in [9.17, 15) is 0 Å². The van der Waals surface area contributed by atoms with E-state index in [1.165, 1.54) is 17.5 Å². The molecule has 0 aliphatic rings. The number of aryl methyl sites for hydroxylation is 1. The lowest BCUT2D eigenvalue weighted by molar-refractivity contribution is 0.130. The molecule has 0 amide bonds. The van der Waals surface area contributed by atoms with Gasteiger partial charge in [-0.2, -0.15) is 0 Å². The predicted octanol–water partition coefficient (Wildman–Crippen LogP) is 3.31. The second-order valence-corrected chi connectivity index (χ2v) is 5.56. The summed E-state index contributed by atoms with van der Waals surface area (Å²) in [4.78, 5) is 8.71. The lowest BCUT2D eigenvalue weighted by atomic mass is 10.1. The lowest BCUT2D eigenvalue weighted by Crippen LogP contribution is -2.38. The van der Waals surface area contributed by atoms with Gasteiger partial charge in [-0.05, 0) is 50.3 Å². The molecule has 0 aromatic carbocycles. The van der Waals surface area contributed by atoms with Crippen LogP contribution < -0.4 is 10.6 Å². The summed E-state index contributed by atoms with van der Waals surface area (Å²) in [6.07, 6.45) is 8.02. The monoisotopic (exact) mass is 448 g/mol. The number of nitrogens with one attached hydrogen (secondary N) is 2. The highest BCUT2D eigenvalue weighted by Gasteiger charge is 2.00. The number of hydrogen-bond acceptors (Lipinski definition) is 3. The number of hydrogen-bond donors (Lipinski definition) is 2. The van der Waals surface area contributed by atoms with Crippen LogP contribution in [0.3, 0.4) is 0 Å². The molecule has 0 atom stereocenters. The molecule has 1 heterocycles. The summed E-state index contributed by atoms with van der Waals surface area (Å²) >= 11 is 0. The Morgan fingerprint density at radius 3 is 2.71 bits per heavy atom. The van der Waals surface area contributed by atoms with Crippen molar-refractivity contribution in [1.29, 1.82) is 0 Å². The summed E-state index contributed by atoms with van der Waals surface area (Å²) in [5.41, 5.74) is 2.56. The van der Waals surface area contributed by atoms with Gasteiger partial charge in [-0.3, -0.25) is 9.98 Å². The van der Waals surface area contributed by atoms with Crippen molar-refractivity contribution < 1.29 is 4.74 Å². The van der Waals surface area contributed by atoms with Gasteiger partial charge in [0.15, 0.2) is 5.96 Å². The molecule has 5 nitrogen and oxygen atoms in total. The fourth-order valence-corrected chi connectivity index (χ4v) is 2.15. The fraction of sp³-hybridized carbons (Fsp3) is 0.667. The minimum Gasteiger partial charge on any atom is -0.381 e. The SMILES string of the molecule is CCCCOCCCN=C(NCC)NCCc1ccncc1C.I. The van der Waals surface area contributed by atoms with E-state index in [2.05, 4.69) is 47.4 Å². The van der Waals surface area contributed by atoms with Gasteiger partial charge in [0.1, 0.15) is 0 Å². The third-order valence-electron chi connectivity index (χ3n) is 3.53. The highest BCUT2D eigenvalue weighted by molar-refractivity contribution is 14.0. The molecule has 0 aliphatic carbocycles. The van der Waals surface area contributed by atoms with Gasteiger partial charge in [0.05, 0.1) is 0 Å². The van der Waals surface area contributed by atoms with Crippen LogP contribution in [0.25, 0.3) is 0 Å². The molecule has 0 unspecified atom stereocenters. The molecule has 0 saturated carbocycles. The van der Waals surface area contributed by atoms with E-state index < -0.39 is 0 Å². The second-order valence-electron chi connectivity index (χ2n) is 5.56. The molecule has 0 bridgehead atoms. The van der Waals surface area contributed by atoms with Crippen LogP contribution in [0.2, 0.25) is 0 Å². The Balaban J connectivity index is 0.00000529. The Morgan fingerprint density at radius 2 is 2.00 bits per heavy atom. The van der Waals surface area contributed by atoms with E-state index in [4.69, 9.17) is 4.74 Å². The Bertz CT molecular complexity index is 454. The van der Waals surface area contributed by atoms with E-state index >= 15 is 0 Å². The van der Waals surface area contributed by atoms with Gasteiger partial charge in [0.25, 0.3) is 0 Å². The zero-order valence-electron chi connectivity index (χ0n) is 15.3. The first kappa shape index (κ1) is 23.1. The number of nitrogens with zero attached hydrogens (tertiary/aromatic N) is 2. The van der Waals surface area contributed by atoms with Crippen LogP contribution in [0.15, 0.2) is 23.5 Å². The largest absolute Gasteiger partial charge is 0.381 e. The van der Waals surface area contributed by atoms with Gasteiger partial charge in [-0.25, -0.2) is 0 Å². The van der Waals surface area contributed by atoms with E-state index in [0.717, 1.165) is 58.1 Å². The third kappa shape index (κ3) is 10.8. The first-order valence-corrected chi connectivity index (χ1v) is 8.77. The maximum absolute atomic E-state index is 5.55. The van der Waals surface area contributed by atoms with Crippen LogP contribution in [0.1, 0.15) is 44.2 Å². The van der Waals surface area contributed by atoms with Crippen molar-refractivity contribution in [2.24, 2.45) is 4.99 Å². The summed E-state index contributed by atoms with van der Waals surface area (Å²) in [6.45, 7) is 10.5. The number of aliphatic imine (C=N–C) groups is 1. The van der Waals surface area contributed by atoms with Crippen LogP contribution in [0.5, 0.6) is 0 Å². The Labute approximate surface area is 164 Å². The van der Waals surface area contributed by atoms with Crippen LogP contribution in [-0.4, -0.2) is 43.8 Å². The van der Waals surface area contributed by atoms with E-state index in [-0.39, 0.29) is 24.0 Å². The first-order chi connectivity index (χ1) is 11.3. The number of guanidine groups is 1. The van der Waals surface area contributed by atoms with Gasteiger partial charge >= 0.3 is 0 Å². The molecule has 0 saturated heterocycles. The smallest absolute Gasteiger partial charge is 0.191 e. The van der Waals surface area contributed by atoms with Crippen molar-refractivity contribution in [2.75, 3.05) is 32.8 Å². The molecule has 1 rings (SSSR count). The summed E-state index contributed by atoms with van der Waals surface area (Å²) in [5.74, 6) is 0.882. The summed E-state index contributed by atoms with van der Waals surface area (Å²) in [7, 11) is 0. The van der Waals surface area contributed by atoms with Crippen molar-refractivity contribution >= 4 is 29.9 Å². The standard InChI is InChI=1S/C18H32N4O.HI/c1-4-6-13-23-14-7-10-21-18(20-5-2)22-12-9-17-8-11-19-15-16(17)3;/h8,11,15H,4-7,9-10,12-14H2,1-3H3,(H2,20,21,22);1H. The zero-order chi connectivity index (χ0) is 16.8. The molecule has 0 spiro atoms.